The van der Waals surface area contributed by atoms with Crippen LogP contribution in [0.5, 0.6) is 5.75 Å². The number of pyridine rings is 1. The fourth-order valence-corrected chi connectivity index (χ4v) is 2.43. The van der Waals surface area contributed by atoms with Crippen LogP contribution in [-0.4, -0.2) is 47.7 Å². The summed E-state index contributed by atoms with van der Waals surface area (Å²) < 4.78 is 5.29. The summed E-state index contributed by atoms with van der Waals surface area (Å²) in [4.78, 5) is 27.6. The second kappa shape index (κ2) is 11.2. The molecule has 29 heavy (non-hydrogen) atoms. The number of hydrogen-bond donors (Lipinski definition) is 3. The highest BCUT2D eigenvalue weighted by molar-refractivity contribution is 6.42. The summed E-state index contributed by atoms with van der Waals surface area (Å²) in [5.41, 5.74) is 0.530. The number of aliphatic hydroxyl groups is 1. The van der Waals surface area contributed by atoms with Crippen molar-refractivity contribution in [2.45, 2.75) is 12.5 Å². The SMILES string of the molecule is N#Cc1ccc(C(=O)NCC[C@H](O)CNC(=O)COc2ccc(Cl)c(Cl)c2)nc1. The van der Waals surface area contributed by atoms with E-state index in [2.05, 4.69) is 15.6 Å². The van der Waals surface area contributed by atoms with E-state index in [1.54, 1.807) is 12.1 Å². The van der Waals surface area contributed by atoms with E-state index in [9.17, 15) is 14.7 Å². The average Bonchev–Trinajstić information content (AvgIpc) is 2.73. The molecule has 1 aromatic carbocycles. The Bertz CT molecular complexity index is 900. The fraction of sp³-hybridized carbons (Fsp3) is 0.263. The Kier molecular flexibility index (Phi) is 8.68. The highest BCUT2D eigenvalue weighted by Gasteiger charge is 2.11. The van der Waals surface area contributed by atoms with Crippen LogP contribution in [0.2, 0.25) is 10.0 Å². The Balaban J connectivity index is 1.63. The van der Waals surface area contributed by atoms with Gasteiger partial charge in [-0.1, -0.05) is 23.2 Å². The third kappa shape index (κ3) is 7.58. The zero-order chi connectivity index (χ0) is 21.2. The summed E-state index contributed by atoms with van der Waals surface area (Å²) in [5, 5.41) is 24.5. The Morgan fingerprint density at radius 3 is 2.66 bits per heavy atom. The van der Waals surface area contributed by atoms with Crippen molar-refractivity contribution in [2.75, 3.05) is 19.7 Å². The lowest BCUT2D eigenvalue weighted by Crippen LogP contribution is -2.37. The molecule has 0 fully saturated rings. The van der Waals surface area contributed by atoms with Gasteiger partial charge in [0.25, 0.3) is 11.8 Å². The van der Waals surface area contributed by atoms with Crippen LogP contribution in [0.25, 0.3) is 0 Å². The number of aliphatic hydroxyl groups excluding tert-OH is 1. The molecule has 0 aliphatic heterocycles. The topological polar surface area (TPSA) is 124 Å². The molecular weight excluding hydrogens is 419 g/mol. The van der Waals surface area contributed by atoms with Crippen LogP contribution in [0.15, 0.2) is 36.5 Å². The van der Waals surface area contributed by atoms with Gasteiger partial charge in [0, 0.05) is 25.4 Å². The van der Waals surface area contributed by atoms with E-state index in [-0.39, 0.29) is 31.8 Å². The van der Waals surface area contributed by atoms with Gasteiger partial charge in [0.05, 0.1) is 21.7 Å². The Morgan fingerprint density at radius 1 is 1.21 bits per heavy atom. The quantitative estimate of drug-likeness (QED) is 0.551. The number of halogens is 2. The molecule has 0 radical (unpaired) electrons. The van der Waals surface area contributed by atoms with E-state index in [0.717, 1.165) is 0 Å². The Morgan fingerprint density at radius 2 is 2.00 bits per heavy atom. The molecule has 1 heterocycles. The molecule has 0 bridgehead atoms. The average molecular weight is 437 g/mol. The zero-order valence-electron chi connectivity index (χ0n) is 15.2. The monoisotopic (exact) mass is 436 g/mol. The summed E-state index contributed by atoms with van der Waals surface area (Å²) >= 11 is 11.7. The number of carbonyl (C=O) groups excluding carboxylic acids is 2. The molecule has 10 heteroatoms. The van der Waals surface area contributed by atoms with E-state index in [4.69, 9.17) is 33.2 Å². The van der Waals surface area contributed by atoms with Gasteiger partial charge in [0.2, 0.25) is 0 Å². The molecule has 0 spiro atoms. The van der Waals surface area contributed by atoms with E-state index < -0.39 is 17.9 Å². The molecule has 1 aromatic heterocycles. The van der Waals surface area contributed by atoms with Crippen LogP contribution in [0.4, 0.5) is 0 Å². The first-order valence-corrected chi connectivity index (χ1v) is 9.31. The van der Waals surface area contributed by atoms with E-state index >= 15 is 0 Å². The van der Waals surface area contributed by atoms with Crippen molar-refractivity contribution in [3.05, 3.63) is 57.8 Å². The summed E-state index contributed by atoms with van der Waals surface area (Å²) in [6, 6.07) is 9.49. The molecule has 2 amide bonds. The van der Waals surface area contributed by atoms with Gasteiger partial charge < -0.3 is 20.5 Å². The summed E-state index contributed by atoms with van der Waals surface area (Å²) in [7, 11) is 0. The smallest absolute Gasteiger partial charge is 0.269 e. The lowest BCUT2D eigenvalue weighted by molar-refractivity contribution is -0.123. The van der Waals surface area contributed by atoms with Crippen LogP contribution >= 0.6 is 23.2 Å². The molecule has 0 saturated carbocycles. The lowest BCUT2D eigenvalue weighted by Gasteiger charge is -2.13. The van der Waals surface area contributed by atoms with E-state index in [1.165, 1.54) is 24.4 Å². The zero-order valence-corrected chi connectivity index (χ0v) is 16.7. The summed E-state index contributed by atoms with van der Waals surface area (Å²) in [6.07, 6.45) is 0.688. The minimum absolute atomic E-state index is 0.00849. The Hall–Kier alpha value is -2.86. The van der Waals surface area contributed by atoms with Crippen LogP contribution in [0.3, 0.4) is 0 Å². The number of amides is 2. The molecule has 0 saturated heterocycles. The van der Waals surface area contributed by atoms with Crippen molar-refractivity contribution >= 4 is 35.0 Å². The van der Waals surface area contributed by atoms with Gasteiger partial charge in [-0.15, -0.1) is 0 Å². The predicted molar refractivity (Wildman–Crippen MR) is 107 cm³/mol. The molecule has 8 nitrogen and oxygen atoms in total. The molecule has 2 rings (SSSR count). The fourth-order valence-electron chi connectivity index (χ4n) is 2.14. The van der Waals surface area contributed by atoms with Gasteiger partial charge in [-0.25, -0.2) is 4.98 Å². The Labute approximate surface area is 177 Å². The minimum atomic E-state index is -0.849. The molecule has 0 aliphatic carbocycles. The van der Waals surface area contributed by atoms with E-state index in [1.807, 2.05) is 6.07 Å². The molecule has 3 N–H and O–H groups in total. The highest BCUT2D eigenvalue weighted by atomic mass is 35.5. The third-order valence-corrected chi connectivity index (χ3v) is 4.42. The second-order valence-corrected chi connectivity index (χ2v) is 6.73. The number of nitriles is 1. The molecule has 0 unspecified atom stereocenters. The number of ether oxygens (including phenoxy) is 1. The van der Waals surface area contributed by atoms with Crippen molar-refractivity contribution in [1.82, 2.24) is 15.6 Å². The molecular formula is C19H18Cl2N4O4. The first-order chi connectivity index (χ1) is 13.9. The van der Waals surface area contributed by atoms with Gasteiger partial charge in [-0.05, 0) is 30.7 Å². The van der Waals surface area contributed by atoms with Gasteiger partial charge in [-0.3, -0.25) is 9.59 Å². The maximum atomic E-state index is 11.9. The predicted octanol–water partition coefficient (Wildman–Crippen LogP) is 1.94. The number of benzene rings is 1. The van der Waals surface area contributed by atoms with Gasteiger partial charge in [-0.2, -0.15) is 5.26 Å². The van der Waals surface area contributed by atoms with Crippen molar-refractivity contribution in [3.63, 3.8) is 0 Å². The van der Waals surface area contributed by atoms with Crippen molar-refractivity contribution in [2.24, 2.45) is 0 Å². The van der Waals surface area contributed by atoms with Crippen LogP contribution in [0, 0.1) is 11.3 Å². The number of carbonyl (C=O) groups is 2. The van der Waals surface area contributed by atoms with Crippen molar-refractivity contribution < 1.29 is 19.4 Å². The van der Waals surface area contributed by atoms with Gasteiger partial charge in [0.15, 0.2) is 6.61 Å². The van der Waals surface area contributed by atoms with Crippen LogP contribution < -0.4 is 15.4 Å². The normalized spacial score (nSPS) is 11.2. The number of aromatic nitrogens is 1. The number of nitrogens with zero attached hydrogens (tertiary/aromatic N) is 2. The molecule has 152 valence electrons. The molecule has 1 atom stereocenters. The third-order valence-electron chi connectivity index (χ3n) is 3.68. The van der Waals surface area contributed by atoms with Gasteiger partial charge in [0.1, 0.15) is 17.5 Å². The van der Waals surface area contributed by atoms with Crippen molar-refractivity contribution in [1.29, 1.82) is 5.26 Å². The molecule has 2 aromatic rings. The summed E-state index contributed by atoms with van der Waals surface area (Å²) in [6.45, 7) is -0.0440. The maximum absolute atomic E-state index is 11.9. The first-order valence-electron chi connectivity index (χ1n) is 8.56. The standard InChI is InChI=1S/C19H18Cl2N4O4/c20-15-3-2-14(7-16(15)21)29-11-18(27)25-10-13(26)5-6-23-19(28)17-4-1-12(8-22)9-24-17/h1-4,7,9,13,26H,5-6,10-11H2,(H,23,28)(H,25,27)/t13-/m0/s1. The largest absolute Gasteiger partial charge is 0.484 e. The molecule has 0 aliphatic rings. The maximum Gasteiger partial charge on any atom is 0.269 e. The van der Waals surface area contributed by atoms with Crippen LogP contribution in [0.1, 0.15) is 22.5 Å². The second-order valence-electron chi connectivity index (χ2n) is 5.91. The highest BCUT2D eigenvalue weighted by Crippen LogP contribution is 2.26. The van der Waals surface area contributed by atoms with E-state index in [0.29, 0.717) is 21.4 Å². The van der Waals surface area contributed by atoms with Crippen LogP contribution in [-0.2, 0) is 4.79 Å². The van der Waals surface area contributed by atoms with Gasteiger partial charge >= 0.3 is 0 Å². The lowest BCUT2D eigenvalue weighted by atomic mass is 10.2. The first kappa shape index (κ1) is 22.4. The number of rotatable bonds is 9. The summed E-state index contributed by atoms with van der Waals surface area (Å²) in [5.74, 6) is -0.434. The number of nitrogens with one attached hydrogen (secondary N) is 2. The minimum Gasteiger partial charge on any atom is -0.484 e. The van der Waals surface area contributed by atoms with Crippen molar-refractivity contribution in [3.8, 4) is 11.8 Å². The number of hydrogen-bond acceptors (Lipinski definition) is 6.